The van der Waals surface area contributed by atoms with Gasteiger partial charge in [-0.3, -0.25) is 0 Å². The predicted octanol–water partition coefficient (Wildman–Crippen LogP) is 4.57. The molecule has 0 aliphatic carbocycles. The first-order chi connectivity index (χ1) is 8.55. The second-order valence-electron chi connectivity index (χ2n) is 4.95. The van der Waals surface area contributed by atoms with Crippen molar-refractivity contribution in [3.05, 3.63) is 48.3 Å². The molecule has 94 valence electrons. The number of pyridine rings is 2. The molecule has 2 rings (SSSR count). The van der Waals surface area contributed by atoms with Crippen molar-refractivity contribution in [1.82, 2.24) is 9.97 Å². The van der Waals surface area contributed by atoms with Crippen LogP contribution in [0.25, 0.3) is 0 Å². The third-order valence-electron chi connectivity index (χ3n) is 2.34. The van der Waals surface area contributed by atoms with Crippen LogP contribution in [0.5, 0.6) is 0 Å². The Morgan fingerprint density at radius 1 is 0.889 bits per heavy atom. The van der Waals surface area contributed by atoms with E-state index in [4.69, 9.17) is 0 Å². The van der Waals surface area contributed by atoms with Crippen LogP contribution in [0.1, 0.15) is 26.5 Å². The van der Waals surface area contributed by atoms with Crippen molar-refractivity contribution in [3.63, 3.8) is 0 Å². The molecule has 0 aliphatic heterocycles. The van der Waals surface area contributed by atoms with Gasteiger partial charge in [-0.15, -0.1) is 0 Å². The molecule has 18 heavy (non-hydrogen) atoms. The lowest BCUT2D eigenvalue weighted by Crippen LogP contribution is -2.13. The van der Waals surface area contributed by atoms with Crippen LogP contribution in [-0.4, -0.2) is 9.97 Å². The van der Waals surface area contributed by atoms with Crippen LogP contribution >= 0.6 is 21.6 Å². The highest BCUT2D eigenvalue weighted by Crippen LogP contribution is 2.35. The summed E-state index contributed by atoms with van der Waals surface area (Å²) >= 11 is 0. The summed E-state index contributed by atoms with van der Waals surface area (Å²) in [6, 6.07) is 12.1. The molecule has 0 spiro atoms. The van der Waals surface area contributed by atoms with Gasteiger partial charge < -0.3 is 0 Å². The Labute approximate surface area is 116 Å². The average molecular weight is 276 g/mol. The fourth-order valence-corrected chi connectivity index (χ4v) is 3.13. The monoisotopic (exact) mass is 276 g/mol. The minimum absolute atomic E-state index is 0.0895. The summed E-state index contributed by atoms with van der Waals surface area (Å²) in [6.07, 6.45) is 1.81. The molecular formula is C14H16N2S2. The molecule has 0 amide bonds. The zero-order valence-corrected chi connectivity index (χ0v) is 12.4. The van der Waals surface area contributed by atoms with Gasteiger partial charge in [0.2, 0.25) is 0 Å². The van der Waals surface area contributed by atoms with Gasteiger partial charge >= 0.3 is 0 Å². The third-order valence-corrected chi connectivity index (χ3v) is 4.51. The summed E-state index contributed by atoms with van der Waals surface area (Å²) in [4.78, 5) is 8.95. The minimum atomic E-state index is 0.0895. The summed E-state index contributed by atoms with van der Waals surface area (Å²) in [7, 11) is 3.28. The molecule has 2 aromatic heterocycles. The van der Waals surface area contributed by atoms with Crippen LogP contribution in [0.3, 0.4) is 0 Å². The van der Waals surface area contributed by atoms with E-state index in [1.165, 1.54) is 0 Å². The van der Waals surface area contributed by atoms with E-state index in [2.05, 4.69) is 42.9 Å². The number of hydrogen-bond donors (Lipinski definition) is 0. The first-order valence-electron chi connectivity index (χ1n) is 5.79. The lowest BCUT2D eigenvalue weighted by atomic mass is 9.92. The molecule has 0 radical (unpaired) electrons. The maximum Gasteiger partial charge on any atom is 0.107 e. The van der Waals surface area contributed by atoms with Crippen molar-refractivity contribution >= 4 is 21.6 Å². The lowest BCUT2D eigenvalue weighted by molar-refractivity contribution is 0.563. The second kappa shape index (κ2) is 5.76. The van der Waals surface area contributed by atoms with Gasteiger partial charge in [-0.05, 0) is 45.9 Å². The van der Waals surface area contributed by atoms with E-state index in [9.17, 15) is 0 Å². The fourth-order valence-electron chi connectivity index (χ4n) is 1.36. The number of nitrogens with zero attached hydrogens (tertiary/aromatic N) is 2. The summed E-state index contributed by atoms with van der Waals surface area (Å²) in [5.74, 6) is 0. The van der Waals surface area contributed by atoms with Crippen molar-refractivity contribution in [2.75, 3.05) is 0 Å². The van der Waals surface area contributed by atoms with Crippen LogP contribution in [-0.2, 0) is 5.41 Å². The van der Waals surface area contributed by atoms with Crippen LogP contribution in [0.2, 0.25) is 0 Å². The third kappa shape index (κ3) is 3.75. The summed E-state index contributed by atoms with van der Waals surface area (Å²) in [5, 5.41) is 2.03. The molecule has 0 fully saturated rings. The van der Waals surface area contributed by atoms with E-state index < -0.39 is 0 Å². The Hall–Kier alpha value is -1.00. The van der Waals surface area contributed by atoms with Gasteiger partial charge in [0.05, 0.1) is 0 Å². The molecule has 0 saturated carbocycles. The predicted molar refractivity (Wildman–Crippen MR) is 78.9 cm³/mol. The van der Waals surface area contributed by atoms with Crippen molar-refractivity contribution < 1.29 is 0 Å². The molecule has 2 nitrogen and oxygen atoms in total. The van der Waals surface area contributed by atoms with Crippen molar-refractivity contribution in [1.29, 1.82) is 0 Å². The zero-order chi connectivity index (χ0) is 13.0. The normalized spacial score (nSPS) is 11.5. The van der Waals surface area contributed by atoms with Gasteiger partial charge in [0.15, 0.2) is 0 Å². The van der Waals surface area contributed by atoms with Gasteiger partial charge in [-0.25, -0.2) is 9.97 Å². The van der Waals surface area contributed by atoms with E-state index >= 15 is 0 Å². The Balaban J connectivity index is 2.06. The van der Waals surface area contributed by atoms with E-state index in [-0.39, 0.29) is 5.41 Å². The zero-order valence-electron chi connectivity index (χ0n) is 10.8. The Bertz CT molecular complexity index is 507. The highest BCUT2D eigenvalue weighted by Gasteiger charge is 2.15. The molecule has 4 heteroatoms. The standard InChI is InChI=1S/C14H16N2S2/c1-14(2,3)11-7-6-9-13(16-11)18-17-12-8-4-5-10-15-12/h4-10H,1-3H3. The molecule has 0 saturated heterocycles. The largest absolute Gasteiger partial charge is 0.249 e. The van der Waals surface area contributed by atoms with E-state index in [0.717, 1.165) is 15.7 Å². The first-order valence-corrected chi connectivity index (χ1v) is 7.94. The number of hydrogen-bond acceptors (Lipinski definition) is 4. The topological polar surface area (TPSA) is 25.8 Å². The fraction of sp³-hybridized carbons (Fsp3) is 0.286. The van der Waals surface area contributed by atoms with Crippen molar-refractivity contribution in [2.45, 2.75) is 36.2 Å². The summed E-state index contributed by atoms with van der Waals surface area (Å²) < 4.78 is 0. The summed E-state index contributed by atoms with van der Waals surface area (Å²) in [6.45, 7) is 6.53. The summed E-state index contributed by atoms with van der Waals surface area (Å²) in [5.41, 5.74) is 1.21. The molecule has 0 bridgehead atoms. The van der Waals surface area contributed by atoms with Crippen LogP contribution in [0.15, 0.2) is 52.6 Å². The number of rotatable bonds is 3. The maximum atomic E-state index is 4.67. The molecule has 2 aromatic rings. The van der Waals surface area contributed by atoms with Gasteiger partial charge in [0, 0.05) is 17.3 Å². The van der Waals surface area contributed by atoms with Crippen LogP contribution in [0.4, 0.5) is 0 Å². The van der Waals surface area contributed by atoms with Gasteiger partial charge in [0.25, 0.3) is 0 Å². The van der Waals surface area contributed by atoms with Gasteiger partial charge in [-0.2, -0.15) is 0 Å². The molecule has 0 aliphatic rings. The van der Waals surface area contributed by atoms with Crippen molar-refractivity contribution in [3.8, 4) is 0 Å². The quantitative estimate of drug-likeness (QED) is 0.767. The first kappa shape index (κ1) is 13.4. The lowest BCUT2D eigenvalue weighted by Gasteiger charge is -2.17. The minimum Gasteiger partial charge on any atom is -0.249 e. The molecule has 2 heterocycles. The van der Waals surface area contributed by atoms with Gasteiger partial charge in [0.1, 0.15) is 10.1 Å². The van der Waals surface area contributed by atoms with Crippen LogP contribution < -0.4 is 0 Å². The van der Waals surface area contributed by atoms with Crippen molar-refractivity contribution in [2.24, 2.45) is 0 Å². The second-order valence-corrected chi connectivity index (χ2v) is 7.12. The van der Waals surface area contributed by atoms with E-state index in [1.54, 1.807) is 21.6 Å². The van der Waals surface area contributed by atoms with E-state index in [0.29, 0.717) is 0 Å². The Morgan fingerprint density at radius 2 is 1.61 bits per heavy atom. The average Bonchev–Trinajstić information content (AvgIpc) is 2.37. The highest BCUT2D eigenvalue weighted by molar-refractivity contribution is 8.76. The maximum absolute atomic E-state index is 4.67. The SMILES string of the molecule is CC(C)(C)c1cccc(SSc2ccccn2)n1. The smallest absolute Gasteiger partial charge is 0.107 e. The Kier molecular flexibility index (Phi) is 4.30. The molecule has 0 N–H and O–H groups in total. The van der Waals surface area contributed by atoms with Gasteiger partial charge in [-0.1, -0.05) is 32.9 Å². The molecule has 0 unspecified atom stereocenters. The molecular weight excluding hydrogens is 260 g/mol. The molecule has 0 aromatic carbocycles. The molecule has 0 atom stereocenters. The highest BCUT2D eigenvalue weighted by atomic mass is 33.1. The van der Waals surface area contributed by atoms with Crippen LogP contribution in [0, 0.1) is 0 Å². The Morgan fingerprint density at radius 3 is 2.28 bits per heavy atom. The van der Waals surface area contributed by atoms with E-state index in [1.807, 2.05) is 30.5 Å². The number of aromatic nitrogens is 2.